The summed E-state index contributed by atoms with van der Waals surface area (Å²) in [5.74, 6) is 0. The Kier molecular flexibility index (Phi) is 3.96. The van der Waals surface area contributed by atoms with Gasteiger partial charge in [-0.25, -0.2) is 0 Å². The van der Waals surface area contributed by atoms with Gasteiger partial charge in [-0.3, -0.25) is 0 Å². The fraction of sp³-hybridized carbons (Fsp3) is 0.455. The normalized spacial score (nSPS) is 12.6. The van der Waals surface area contributed by atoms with Crippen molar-refractivity contribution in [1.82, 2.24) is 0 Å². The first-order valence-corrected chi connectivity index (χ1v) is 5.54. The smallest absolute Gasteiger partial charge is 0.0772 e. The second-order valence-corrected chi connectivity index (χ2v) is 4.25. The lowest BCUT2D eigenvalue weighted by atomic mass is 10.1. The van der Waals surface area contributed by atoms with Gasteiger partial charge in [0.25, 0.3) is 0 Å². The Balaban J connectivity index is 3.00. The fourth-order valence-corrected chi connectivity index (χ4v) is 1.97. The van der Waals surface area contributed by atoms with Crippen LogP contribution in [0.15, 0.2) is 22.7 Å². The van der Waals surface area contributed by atoms with Crippen LogP contribution in [0.2, 0.25) is 0 Å². The minimum Gasteiger partial charge on any atom is -0.389 e. The molecule has 0 aliphatic rings. The van der Waals surface area contributed by atoms with Crippen LogP contribution < -0.4 is 4.90 Å². The van der Waals surface area contributed by atoms with E-state index in [0.717, 1.165) is 22.3 Å². The quantitative estimate of drug-likeness (QED) is 0.901. The zero-order valence-electron chi connectivity index (χ0n) is 8.79. The molecule has 1 aromatic rings. The van der Waals surface area contributed by atoms with Gasteiger partial charge in [-0.05, 0) is 31.5 Å². The highest BCUT2D eigenvalue weighted by Crippen LogP contribution is 2.27. The molecular weight excluding hydrogens is 242 g/mol. The summed E-state index contributed by atoms with van der Waals surface area (Å²) >= 11 is 3.46. The van der Waals surface area contributed by atoms with Gasteiger partial charge in [0.2, 0.25) is 0 Å². The molecule has 0 saturated carbocycles. The predicted octanol–water partition coefficient (Wildman–Crippen LogP) is 2.96. The summed E-state index contributed by atoms with van der Waals surface area (Å²) in [5, 5.41) is 9.45. The van der Waals surface area contributed by atoms with Crippen LogP contribution in [-0.4, -0.2) is 18.7 Å². The summed E-state index contributed by atoms with van der Waals surface area (Å²) in [6.07, 6.45) is -0.426. The molecule has 1 N–H and O–H groups in total. The molecule has 0 spiro atoms. The molecule has 0 amide bonds. The Morgan fingerprint density at radius 3 is 2.57 bits per heavy atom. The van der Waals surface area contributed by atoms with Crippen molar-refractivity contribution in [3.8, 4) is 0 Å². The van der Waals surface area contributed by atoms with Crippen LogP contribution >= 0.6 is 15.9 Å². The summed E-state index contributed by atoms with van der Waals surface area (Å²) in [4.78, 5) is 2.15. The highest BCUT2D eigenvalue weighted by Gasteiger charge is 2.07. The first-order valence-electron chi connectivity index (χ1n) is 4.75. The van der Waals surface area contributed by atoms with Crippen LogP contribution in [0.3, 0.4) is 0 Å². The number of anilines is 1. The Bertz CT molecular complexity index is 312. The summed E-state index contributed by atoms with van der Waals surface area (Å²) < 4.78 is 0.963. The average Bonchev–Trinajstić information content (AvgIpc) is 2.15. The number of aliphatic hydroxyl groups excluding tert-OH is 1. The molecule has 1 rings (SSSR count). The fourth-order valence-electron chi connectivity index (χ4n) is 1.27. The third-order valence-electron chi connectivity index (χ3n) is 2.35. The Morgan fingerprint density at radius 1 is 1.50 bits per heavy atom. The number of hydrogen-bond acceptors (Lipinski definition) is 2. The van der Waals surface area contributed by atoms with Crippen LogP contribution in [0.25, 0.3) is 0 Å². The van der Waals surface area contributed by atoms with Crippen molar-refractivity contribution in [2.45, 2.75) is 20.0 Å². The highest BCUT2D eigenvalue weighted by atomic mass is 79.9. The summed E-state index contributed by atoms with van der Waals surface area (Å²) in [6, 6.07) is 6.01. The van der Waals surface area contributed by atoms with E-state index in [-0.39, 0.29) is 0 Å². The van der Waals surface area contributed by atoms with E-state index >= 15 is 0 Å². The van der Waals surface area contributed by atoms with Gasteiger partial charge in [-0.1, -0.05) is 22.0 Å². The maximum Gasteiger partial charge on any atom is 0.0772 e. The molecular formula is C11H16BrNO. The third-order valence-corrected chi connectivity index (χ3v) is 3.04. The number of aliphatic hydroxyl groups is 1. The van der Waals surface area contributed by atoms with Gasteiger partial charge in [0.1, 0.15) is 0 Å². The van der Waals surface area contributed by atoms with E-state index in [1.54, 1.807) is 6.92 Å². The first-order chi connectivity index (χ1) is 6.56. The number of benzene rings is 1. The molecule has 14 heavy (non-hydrogen) atoms. The Labute approximate surface area is 93.7 Å². The zero-order valence-corrected chi connectivity index (χ0v) is 10.4. The molecule has 78 valence electrons. The zero-order chi connectivity index (χ0) is 10.7. The molecule has 3 heteroatoms. The topological polar surface area (TPSA) is 23.5 Å². The first kappa shape index (κ1) is 11.5. The van der Waals surface area contributed by atoms with E-state index < -0.39 is 6.10 Å². The minimum absolute atomic E-state index is 0.426. The van der Waals surface area contributed by atoms with Crippen molar-refractivity contribution in [3.05, 3.63) is 28.2 Å². The van der Waals surface area contributed by atoms with Gasteiger partial charge in [0.05, 0.1) is 6.10 Å². The average molecular weight is 258 g/mol. The van der Waals surface area contributed by atoms with Gasteiger partial charge in [-0.2, -0.15) is 0 Å². The van der Waals surface area contributed by atoms with Gasteiger partial charge in [-0.15, -0.1) is 0 Å². The van der Waals surface area contributed by atoms with Crippen LogP contribution in [-0.2, 0) is 0 Å². The lowest BCUT2D eigenvalue weighted by Gasteiger charge is -2.18. The van der Waals surface area contributed by atoms with Crippen molar-refractivity contribution in [2.24, 2.45) is 0 Å². The van der Waals surface area contributed by atoms with Crippen molar-refractivity contribution in [2.75, 3.05) is 18.5 Å². The van der Waals surface area contributed by atoms with Crippen molar-refractivity contribution in [3.63, 3.8) is 0 Å². The lowest BCUT2D eigenvalue weighted by molar-refractivity contribution is 0.198. The van der Waals surface area contributed by atoms with Crippen LogP contribution in [0.1, 0.15) is 25.5 Å². The minimum atomic E-state index is -0.426. The number of nitrogens with zero attached hydrogens (tertiary/aromatic N) is 1. The van der Waals surface area contributed by atoms with E-state index in [2.05, 4.69) is 27.8 Å². The second-order valence-electron chi connectivity index (χ2n) is 3.40. The number of rotatable bonds is 3. The molecule has 0 heterocycles. The summed E-state index contributed by atoms with van der Waals surface area (Å²) in [7, 11) is 2.05. The van der Waals surface area contributed by atoms with Crippen molar-refractivity contribution < 1.29 is 5.11 Å². The molecule has 1 atom stereocenters. The Morgan fingerprint density at radius 2 is 2.14 bits per heavy atom. The van der Waals surface area contributed by atoms with E-state index in [9.17, 15) is 5.11 Å². The molecule has 2 nitrogen and oxygen atoms in total. The van der Waals surface area contributed by atoms with E-state index in [0.29, 0.717) is 0 Å². The van der Waals surface area contributed by atoms with E-state index in [4.69, 9.17) is 0 Å². The molecule has 0 radical (unpaired) electrons. The van der Waals surface area contributed by atoms with Crippen molar-refractivity contribution in [1.29, 1.82) is 0 Å². The van der Waals surface area contributed by atoms with Crippen LogP contribution in [0.4, 0.5) is 5.69 Å². The predicted molar refractivity (Wildman–Crippen MR) is 63.7 cm³/mol. The van der Waals surface area contributed by atoms with Gasteiger partial charge in [0.15, 0.2) is 0 Å². The molecule has 0 fully saturated rings. The molecule has 0 aliphatic carbocycles. The van der Waals surface area contributed by atoms with Crippen LogP contribution in [0, 0.1) is 0 Å². The monoisotopic (exact) mass is 257 g/mol. The summed E-state index contributed by atoms with van der Waals surface area (Å²) in [6.45, 7) is 4.85. The molecule has 0 bridgehead atoms. The lowest BCUT2D eigenvalue weighted by Crippen LogP contribution is -2.15. The van der Waals surface area contributed by atoms with Gasteiger partial charge in [0, 0.05) is 23.8 Å². The molecule has 0 unspecified atom stereocenters. The highest BCUT2D eigenvalue weighted by molar-refractivity contribution is 9.10. The second kappa shape index (κ2) is 4.80. The number of halogens is 1. The van der Waals surface area contributed by atoms with Crippen molar-refractivity contribution >= 4 is 21.6 Å². The molecule has 0 saturated heterocycles. The van der Waals surface area contributed by atoms with E-state index in [1.165, 1.54) is 0 Å². The van der Waals surface area contributed by atoms with Gasteiger partial charge < -0.3 is 10.0 Å². The Hall–Kier alpha value is -0.540. The summed E-state index contributed by atoms with van der Waals surface area (Å²) in [5.41, 5.74) is 2.09. The van der Waals surface area contributed by atoms with Crippen LogP contribution in [0.5, 0.6) is 0 Å². The number of hydrogen-bond donors (Lipinski definition) is 1. The molecule has 0 aromatic heterocycles. The third kappa shape index (κ3) is 2.49. The largest absolute Gasteiger partial charge is 0.389 e. The standard InChI is InChI=1S/C11H16BrNO/c1-4-13(3)9-5-6-10(8(2)14)11(12)7-9/h5-8,14H,4H2,1-3H3/t8-/m1/s1. The van der Waals surface area contributed by atoms with Gasteiger partial charge >= 0.3 is 0 Å². The SMILES string of the molecule is CCN(C)c1ccc([C@@H](C)O)c(Br)c1. The molecule has 0 aliphatic heterocycles. The molecule has 1 aromatic carbocycles. The maximum atomic E-state index is 9.45. The maximum absolute atomic E-state index is 9.45. The van der Waals surface area contributed by atoms with E-state index in [1.807, 2.05) is 25.2 Å².